The van der Waals surface area contributed by atoms with Crippen LogP contribution in [0.4, 0.5) is 0 Å². The van der Waals surface area contributed by atoms with Crippen LogP contribution in [-0.2, 0) is 14.8 Å². The van der Waals surface area contributed by atoms with Gasteiger partial charge in [0.15, 0.2) is 0 Å². The van der Waals surface area contributed by atoms with Crippen molar-refractivity contribution in [1.29, 1.82) is 0 Å². The van der Waals surface area contributed by atoms with E-state index in [9.17, 15) is 18.0 Å². The highest BCUT2D eigenvalue weighted by Crippen LogP contribution is 2.23. The third-order valence-electron chi connectivity index (χ3n) is 5.69. The Bertz CT molecular complexity index is 1010. The molecule has 0 atom stereocenters. The monoisotopic (exact) mass is 431 g/mol. The number of rotatable bonds is 7. The second-order valence-corrected chi connectivity index (χ2v) is 9.91. The maximum Gasteiger partial charge on any atom is 0.254 e. The summed E-state index contributed by atoms with van der Waals surface area (Å²) >= 11 is 0. The second kappa shape index (κ2) is 9.57. The number of carbonyl (C=O) groups excluding carboxylic acids is 2. The van der Waals surface area contributed by atoms with Gasteiger partial charge in [0.2, 0.25) is 15.9 Å². The Morgan fingerprint density at radius 3 is 2.47 bits per heavy atom. The number of nitrogens with zero attached hydrogens (tertiary/aromatic N) is 2. The smallest absolute Gasteiger partial charge is 0.254 e. The van der Waals surface area contributed by atoms with Gasteiger partial charge in [-0.3, -0.25) is 9.59 Å². The maximum absolute atomic E-state index is 13.0. The summed E-state index contributed by atoms with van der Waals surface area (Å²) < 4.78 is 24.0. The molecule has 0 bridgehead atoms. The Morgan fingerprint density at radius 1 is 1.10 bits per heavy atom. The van der Waals surface area contributed by atoms with E-state index in [0.717, 1.165) is 10.8 Å². The Hall–Kier alpha value is -2.45. The minimum atomic E-state index is -3.19. The van der Waals surface area contributed by atoms with Crippen molar-refractivity contribution in [3.05, 3.63) is 48.0 Å². The van der Waals surface area contributed by atoms with Crippen molar-refractivity contribution in [2.45, 2.75) is 19.3 Å². The first-order valence-corrected chi connectivity index (χ1v) is 12.1. The van der Waals surface area contributed by atoms with Crippen molar-refractivity contribution in [2.75, 3.05) is 39.5 Å². The lowest BCUT2D eigenvalue weighted by Gasteiger charge is -2.31. The van der Waals surface area contributed by atoms with Gasteiger partial charge in [0.05, 0.1) is 6.26 Å². The third-order valence-corrected chi connectivity index (χ3v) is 7.00. The van der Waals surface area contributed by atoms with Gasteiger partial charge in [0.1, 0.15) is 0 Å². The molecular weight excluding hydrogens is 402 g/mol. The van der Waals surface area contributed by atoms with Crippen molar-refractivity contribution >= 4 is 32.6 Å². The standard InChI is InChI=1S/C22H29N3O4S/c1-24(30(2,28)29)14-6-13-23-21(26)18-11-15-25(16-12-18)22(27)20-10-5-8-17-7-3-4-9-19(17)20/h3-5,7-10,18H,6,11-16H2,1-2H3,(H,23,26). The number of carbonyl (C=O) groups is 2. The molecule has 3 rings (SSSR count). The molecule has 8 heteroatoms. The van der Waals surface area contributed by atoms with E-state index in [-0.39, 0.29) is 17.7 Å². The van der Waals surface area contributed by atoms with Crippen LogP contribution >= 0.6 is 0 Å². The number of fused-ring (bicyclic) bond motifs is 1. The molecule has 2 aromatic carbocycles. The molecule has 0 aromatic heterocycles. The van der Waals surface area contributed by atoms with E-state index >= 15 is 0 Å². The van der Waals surface area contributed by atoms with Gasteiger partial charge in [-0.25, -0.2) is 12.7 Å². The first-order valence-electron chi connectivity index (χ1n) is 10.2. The molecule has 0 radical (unpaired) electrons. The van der Waals surface area contributed by atoms with Gasteiger partial charge in [-0.1, -0.05) is 36.4 Å². The van der Waals surface area contributed by atoms with Gasteiger partial charge in [0.25, 0.3) is 5.91 Å². The molecule has 1 heterocycles. The minimum Gasteiger partial charge on any atom is -0.356 e. The number of likely N-dealkylation sites (tertiary alicyclic amines) is 1. The van der Waals surface area contributed by atoms with Crippen LogP contribution in [0.25, 0.3) is 10.8 Å². The van der Waals surface area contributed by atoms with Crippen LogP contribution in [0.1, 0.15) is 29.6 Å². The summed E-state index contributed by atoms with van der Waals surface area (Å²) in [5, 5.41) is 4.88. The van der Waals surface area contributed by atoms with Gasteiger partial charge in [-0.05, 0) is 36.1 Å². The van der Waals surface area contributed by atoms with E-state index in [4.69, 9.17) is 0 Å². The molecule has 2 aromatic rings. The molecule has 0 spiro atoms. The fourth-order valence-corrected chi connectivity index (χ4v) is 4.21. The molecule has 162 valence electrons. The number of hydrogen-bond donors (Lipinski definition) is 1. The van der Waals surface area contributed by atoms with Crippen molar-refractivity contribution in [3.63, 3.8) is 0 Å². The lowest BCUT2D eigenvalue weighted by Crippen LogP contribution is -2.43. The number of piperidine rings is 1. The quantitative estimate of drug-likeness (QED) is 0.680. The molecule has 1 aliphatic heterocycles. The lowest BCUT2D eigenvalue weighted by atomic mass is 9.95. The fraction of sp³-hybridized carbons (Fsp3) is 0.455. The predicted octanol–water partition coefficient (Wildman–Crippen LogP) is 2.09. The zero-order valence-corrected chi connectivity index (χ0v) is 18.3. The molecule has 30 heavy (non-hydrogen) atoms. The summed E-state index contributed by atoms with van der Waals surface area (Å²) in [5.74, 6) is -0.127. The van der Waals surface area contributed by atoms with E-state index in [2.05, 4.69) is 5.32 Å². The predicted molar refractivity (Wildman–Crippen MR) is 118 cm³/mol. The van der Waals surface area contributed by atoms with E-state index in [1.165, 1.54) is 17.6 Å². The largest absolute Gasteiger partial charge is 0.356 e. The molecule has 1 N–H and O–H groups in total. The van der Waals surface area contributed by atoms with Crippen molar-refractivity contribution < 1.29 is 18.0 Å². The van der Waals surface area contributed by atoms with Crippen LogP contribution in [0.15, 0.2) is 42.5 Å². The first kappa shape index (κ1) is 22.2. The molecule has 1 fully saturated rings. The Morgan fingerprint density at radius 2 is 1.77 bits per heavy atom. The summed E-state index contributed by atoms with van der Waals surface area (Å²) in [6, 6.07) is 13.6. The Balaban J connectivity index is 1.48. The second-order valence-electron chi connectivity index (χ2n) is 7.82. The summed E-state index contributed by atoms with van der Waals surface area (Å²) in [4.78, 5) is 27.3. The van der Waals surface area contributed by atoms with Crippen LogP contribution < -0.4 is 5.32 Å². The Labute approximate surface area is 178 Å². The van der Waals surface area contributed by atoms with Crippen LogP contribution in [0.5, 0.6) is 0 Å². The number of amides is 2. The van der Waals surface area contributed by atoms with Gasteiger partial charge in [-0.15, -0.1) is 0 Å². The Kier molecular flexibility index (Phi) is 7.10. The highest BCUT2D eigenvalue weighted by atomic mass is 32.2. The topological polar surface area (TPSA) is 86.8 Å². The minimum absolute atomic E-state index is 0.00877. The average Bonchev–Trinajstić information content (AvgIpc) is 2.75. The van der Waals surface area contributed by atoms with Crippen molar-refractivity contribution in [1.82, 2.24) is 14.5 Å². The molecule has 7 nitrogen and oxygen atoms in total. The summed E-state index contributed by atoms with van der Waals surface area (Å²) in [5.41, 5.74) is 0.700. The molecule has 0 unspecified atom stereocenters. The molecule has 0 saturated carbocycles. The van der Waals surface area contributed by atoms with Crippen molar-refractivity contribution in [2.24, 2.45) is 5.92 Å². The van der Waals surface area contributed by atoms with E-state index < -0.39 is 10.0 Å². The number of sulfonamides is 1. The zero-order valence-electron chi connectivity index (χ0n) is 17.5. The van der Waals surface area contributed by atoms with E-state index in [0.29, 0.717) is 51.0 Å². The molecular formula is C22H29N3O4S. The van der Waals surface area contributed by atoms with Crippen molar-refractivity contribution in [3.8, 4) is 0 Å². The van der Waals surface area contributed by atoms with Crippen LogP contribution in [0.3, 0.4) is 0 Å². The van der Waals surface area contributed by atoms with Gasteiger partial charge >= 0.3 is 0 Å². The molecule has 2 amide bonds. The molecule has 0 aliphatic carbocycles. The zero-order chi connectivity index (χ0) is 21.7. The van der Waals surface area contributed by atoms with Crippen LogP contribution in [0, 0.1) is 5.92 Å². The highest BCUT2D eigenvalue weighted by molar-refractivity contribution is 7.88. The third kappa shape index (κ3) is 5.37. The number of nitrogens with one attached hydrogen (secondary N) is 1. The van der Waals surface area contributed by atoms with Crippen LogP contribution in [0.2, 0.25) is 0 Å². The van der Waals surface area contributed by atoms with Crippen LogP contribution in [-0.4, -0.2) is 68.9 Å². The lowest BCUT2D eigenvalue weighted by molar-refractivity contribution is -0.126. The highest BCUT2D eigenvalue weighted by Gasteiger charge is 2.28. The summed E-state index contributed by atoms with van der Waals surface area (Å²) in [6.07, 6.45) is 2.99. The first-order chi connectivity index (χ1) is 14.3. The summed E-state index contributed by atoms with van der Waals surface area (Å²) in [6.45, 7) is 1.92. The van der Waals surface area contributed by atoms with E-state index in [1.54, 1.807) is 0 Å². The fourth-order valence-electron chi connectivity index (χ4n) is 3.75. The summed E-state index contributed by atoms with van der Waals surface area (Å²) in [7, 11) is -1.66. The molecule has 1 aliphatic rings. The van der Waals surface area contributed by atoms with Gasteiger partial charge < -0.3 is 10.2 Å². The SMILES string of the molecule is CN(CCCNC(=O)C1CCN(C(=O)c2cccc3ccccc23)CC1)S(C)(=O)=O. The molecule has 1 saturated heterocycles. The van der Waals surface area contributed by atoms with Gasteiger partial charge in [-0.2, -0.15) is 0 Å². The van der Waals surface area contributed by atoms with E-state index in [1.807, 2.05) is 47.4 Å². The maximum atomic E-state index is 13.0. The number of hydrogen-bond acceptors (Lipinski definition) is 4. The number of benzene rings is 2. The average molecular weight is 432 g/mol. The normalized spacial score (nSPS) is 15.5. The van der Waals surface area contributed by atoms with Gasteiger partial charge in [0, 0.05) is 44.7 Å².